The summed E-state index contributed by atoms with van der Waals surface area (Å²) in [6.45, 7) is 6.52. The first-order chi connectivity index (χ1) is 37.0. The third-order valence-corrected chi connectivity index (χ3v) is 13.9. The van der Waals surface area contributed by atoms with Gasteiger partial charge >= 0.3 is 17.9 Å². The summed E-state index contributed by atoms with van der Waals surface area (Å²) in [6.07, 6.45) is 82.9. The normalized spacial score (nSPS) is 12.6. The second kappa shape index (κ2) is 63.1. The molecular formula is C69H120O6. The molecule has 0 bridgehead atoms. The van der Waals surface area contributed by atoms with E-state index < -0.39 is 6.10 Å². The van der Waals surface area contributed by atoms with Crippen molar-refractivity contribution in [1.29, 1.82) is 0 Å². The predicted molar refractivity (Wildman–Crippen MR) is 325 cm³/mol. The zero-order valence-electron chi connectivity index (χ0n) is 49.6. The van der Waals surface area contributed by atoms with Crippen LogP contribution in [-0.4, -0.2) is 37.2 Å². The molecule has 0 aromatic heterocycles. The molecule has 0 aliphatic heterocycles. The van der Waals surface area contributed by atoms with Gasteiger partial charge in [-0.2, -0.15) is 0 Å². The minimum absolute atomic E-state index is 0.0818. The van der Waals surface area contributed by atoms with Gasteiger partial charge < -0.3 is 14.2 Å². The van der Waals surface area contributed by atoms with Gasteiger partial charge in [-0.3, -0.25) is 14.4 Å². The Morgan fingerprint density at radius 1 is 0.280 bits per heavy atom. The quantitative estimate of drug-likeness (QED) is 0.0261. The second-order valence-electron chi connectivity index (χ2n) is 21.3. The molecule has 0 aromatic rings. The van der Waals surface area contributed by atoms with E-state index >= 15 is 0 Å². The van der Waals surface area contributed by atoms with Crippen molar-refractivity contribution >= 4 is 17.9 Å². The van der Waals surface area contributed by atoms with Gasteiger partial charge in [0.15, 0.2) is 6.10 Å². The van der Waals surface area contributed by atoms with Crippen LogP contribution in [0.2, 0.25) is 0 Å². The number of hydrogen-bond donors (Lipinski definition) is 0. The van der Waals surface area contributed by atoms with E-state index in [0.29, 0.717) is 19.3 Å². The number of carbonyl (C=O) groups is 3. The van der Waals surface area contributed by atoms with Gasteiger partial charge in [0.1, 0.15) is 13.2 Å². The maximum atomic E-state index is 12.9. The average molecular weight is 1050 g/mol. The minimum Gasteiger partial charge on any atom is -0.462 e. The van der Waals surface area contributed by atoms with E-state index in [1.54, 1.807) is 0 Å². The molecule has 0 radical (unpaired) electrons. The maximum absolute atomic E-state index is 12.9. The Hall–Kier alpha value is -3.41. The highest BCUT2D eigenvalue weighted by atomic mass is 16.6. The first-order valence-corrected chi connectivity index (χ1v) is 32.1. The third-order valence-electron chi connectivity index (χ3n) is 13.9. The zero-order chi connectivity index (χ0) is 54.3. The van der Waals surface area contributed by atoms with E-state index in [9.17, 15) is 14.4 Å². The van der Waals surface area contributed by atoms with Crippen LogP contribution in [0.25, 0.3) is 0 Å². The molecule has 75 heavy (non-hydrogen) atoms. The van der Waals surface area contributed by atoms with Crippen LogP contribution in [0.4, 0.5) is 0 Å². The van der Waals surface area contributed by atoms with Crippen molar-refractivity contribution in [2.75, 3.05) is 13.2 Å². The third kappa shape index (κ3) is 61.3. The molecule has 6 heteroatoms. The number of carbonyl (C=O) groups excluding carboxylic acids is 3. The molecule has 0 fully saturated rings. The van der Waals surface area contributed by atoms with Gasteiger partial charge in [-0.15, -0.1) is 0 Å². The lowest BCUT2D eigenvalue weighted by Gasteiger charge is -2.18. The van der Waals surface area contributed by atoms with E-state index in [-0.39, 0.29) is 31.1 Å². The molecule has 432 valence electrons. The highest BCUT2D eigenvalue weighted by Gasteiger charge is 2.19. The first-order valence-electron chi connectivity index (χ1n) is 32.1. The summed E-state index contributed by atoms with van der Waals surface area (Å²) in [6, 6.07) is 0. The van der Waals surface area contributed by atoms with Crippen LogP contribution < -0.4 is 0 Å². The van der Waals surface area contributed by atoms with Gasteiger partial charge in [0.25, 0.3) is 0 Å². The summed E-state index contributed by atoms with van der Waals surface area (Å²) in [7, 11) is 0. The van der Waals surface area contributed by atoms with Crippen molar-refractivity contribution in [3.05, 3.63) is 85.1 Å². The fourth-order valence-electron chi connectivity index (χ4n) is 9.09. The molecule has 0 N–H and O–H groups in total. The Kier molecular flexibility index (Phi) is 60.3. The standard InChI is InChI=1S/C69H120O6/c1-4-7-10-13-16-19-22-25-28-31-33-34-36-38-41-44-47-50-53-56-59-62-68(71)74-65-66(64-73-67(70)61-58-55-52-49-46-43-40-37-30-27-24-21-18-15-12-9-6-3)75-69(72)63-60-57-54-51-48-45-42-39-35-32-29-26-23-20-17-14-11-8-5-2/h7,10,16-17,19-20,25-26,28-29,33-34,38,41,66H,4-6,8-9,11-15,18,21-24,27,30-32,35-37,39-40,42-65H2,1-3H3/b10-7-,19-16-,20-17-,28-25-,29-26-,34-33-,41-38-. The lowest BCUT2D eigenvalue weighted by molar-refractivity contribution is -0.167. The SMILES string of the molecule is CC/C=C\C/C=C\C/C=C\C/C=C\C/C=C\CCCCCCCC(=O)OCC(COC(=O)CCCCCCCCCCCCCCCCCCC)OC(=O)CCCCCCCCCCC/C=C\C/C=C\CCCCC. The van der Waals surface area contributed by atoms with Gasteiger partial charge in [0.2, 0.25) is 0 Å². The van der Waals surface area contributed by atoms with Crippen LogP contribution in [0.3, 0.4) is 0 Å². The van der Waals surface area contributed by atoms with Gasteiger partial charge in [-0.25, -0.2) is 0 Å². The van der Waals surface area contributed by atoms with E-state index in [4.69, 9.17) is 14.2 Å². The summed E-state index contributed by atoms with van der Waals surface area (Å²) < 4.78 is 16.9. The molecule has 0 aromatic carbocycles. The van der Waals surface area contributed by atoms with Gasteiger partial charge in [0, 0.05) is 19.3 Å². The van der Waals surface area contributed by atoms with Crippen LogP contribution in [-0.2, 0) is 28.6 Å². The Morgan fingerprint density at radius 2 is 0.520 bits per heavy atom. The molecule has 0 saturated heterocycles. The van der Waals surface area contributed by atoms with Gasteiger partial charge in [-0.1, -0.05) is 286 Å². The minimum atomic E-state index is -0.787. The lowest BCUT2D eigenvalue weighted by atomic mass is 10.0. The topological polar surface area (TPSA) is 78.9 Å². The first kappa shape index (κ1) is 71.6. The Bertz CT molecular complexity index is 1430. The van der Waals surface area contributed by atoms with Crippen molar-refractivity contribution in [3.63, 3.8) is 0 Å². The number of hydrogen-bond acceptors (Lipinski definition) is 6. The number of esters is 3. The van der Waals surface area contributed by atoms with E-state index in [1.165, 1.54) is 161 Å². The van der Waals surface area contributed by atoms with Crippen LogP contribution in [0.5, 0.6) is 0 Å². The summed E-state index contributed by atoms with van der Waals surface area (Å²) >= 11 is 0. The molecule has 0 saturated carbocycles. The molecule has 0 aliphatic rings. The summed E-state index contributed by atoms with van der Waals surface area (Å²) in [5.41, 5.74) is 0. The van der Waals surface area contributed by atoms with E-state index in [1.807, 2.05) is 0 Å². The van der Waals surface area contributed by atoms with Crippen molar-refractivity contribution in [2.24, 2.45) is 0 Å². The van der Waals surface area contributed by atoms with Crippen LogP contribution in [0, 0.1) is 0 Å². The molecule has 1 unspecified atom stereocenters. The molecule has 0 amide bonds. The van der Waals surface area contributed by atoms with Crippen molar-refractivity contribution in [1.82, 2.24) is 0 Å². The van der Waals surface area contributed by atoms with Crippen molar-refractivity contribution in [3.8, 4) is 0 Å². The number of ether oxygens (including phenoxy) is 3. The van der Waals surface area contributed by atoms with Crippen LogP contribution in [0.1, 0.15) is 316 Å². The highest BCUT2D eigenvalue weighted by Crippen LogP contribution is 2.17. The van der Waals surface area contributed by atoms with Crippen molar-refractivity contribution < 1.29 is 28.6 Å². The Morgan fingerprint density at radius 3 is 0.840 bits per heavy atom. The molecular weight excluding hydrogens is 925 g/mol. The maximum Gasteiger partial charge on any atom is 0.306 e. The largest absolute Gasteiger partial charge is 0.462 e. The van der Waals surface area contributed by atoms with E-state index in [0.717, 1.165) is 116 Å². The summed E-state index contributed by atoms with van der Waals surface area (Å²) in [5.74, 6) is -0.891. The molecule has 0 rings (SSSR count). The molecule has 0 spiro atoms. The predicted octanol–water partition coefficient (Wildman–Crippen LogP) is 21.9. The zero-order valence-corrected chi connectivity index (χ0v) is 49.6. The monoisotopic (exact) mass is 1040 g/mol. The molecule has 0 heterocycles. The van der Waals surface area contributed by atoms with Crippen LogP contribution >= 0.6 is 0 Å². The average Bonchev–Trinajstić information content (AvgIpc) is 3.41. The lowest BCUT2D eigenvalue weighted by Crippen LogP contribution is -2.30. The summed E-state index contributed by atoms with van der Waals surface area (Å²) in [5, 5.41) is 0. The summed E-state index contributed by atoms with van der Waals surface area (Å²) in [4.78, 5) is 38.4. The highest BCUT2D eigenvalue weighted by molar-refractivity contribution is 5.71. The van der Waals surface area contributed by atoms with Gasteiger partial charge in [-0.05, 0) is 96.3 Å². The Labute approximate surface area is 465 Å². The fraction of sp³-hybridized carbons (Fsp3) is 0.754. The van der Waals surface area contributed by atoms with Crippen molar-refractivity contribution in [2.45, 2.75) is 322 Å². The smallest absolute Gasteiger partial charge is 0.306 e. The molecule has 0 aliphatic carbocycles. The van der Waals surface area contributed by atoms with Crippen LogP contribution in [0.15, 0.2) is 85.1 Å². The number of unbranched alkanes of at least 4 members (excludes halogenated alkanes) is 33. The second-order valence-corrected chi connectivity index (χ2v) is 21.3. The van der Waals surface area contributed by atoms with E-state index in [2.05, 4.69) is 106 Å². The molecule has 1 atom stereocenters. The molecule has 6 nitrogen and oxygen atoms in total. The number of allylic oxidation sites excluding steroid dienone is 14. The number of rotatable bonds is 58. The Balaban J connectivity index is 4.41. The van der Waals surface area contributed by atoms with Gasteiger partial charge in [0.05, 0.1) is 0 Å². The fourth-order valence-corrected chi connectivity index (χ4v) is 9.09.